The highest BCUT2D eigenvalue weighted by Crippen LogP contribution is 2.52. The van der Waals surface area contributed by atoms with E-state index >= 15 is 0 Å². The molecule has 5 nitrogen and oxygen atoms in total. The minimum atomic E-state index is -0.716. The van der Waals surface area contributed by atoms with Crippen LogP contribution < -0.4 is 5.32 Å². The van der Waals surface area contributed by atoms with Crippen molar-refractivity contribution in [2.75, 3.05) is 0 Å². The Balaban J connectivity index is 1.56. The van der Waals surface area contributed by atoms with E-state index in [2.05, 4.69) is 21.2 Å². The number of carbonyl (C=O) groups is 2. The number of amides is 1. The van der Waals surface area contributed by atoms with Crippen molar-refractivity contribution in [3.05, 3.63) is 63.9 Å². The van der Waals surface area contributed by atoms with Crippen LogP contribution in [0.15, 0.2) is 46.9 Å². The third-order valence-electron chi connectivity index (χ3n) is 7.61. The van der Waals surface area contributed by atoms with Gasteiger partial charge in [0.1, 0.15) is 5.82 Å². The van der Waals surface area contributed by atoms with Gasteiger partial charge in [-0.3, -0.25) is 9.59 Å². The molecule has 3 aliphatic carbocycles. The van der Waals surface area contributed by atoms with Gasteiger partial charge >= 0.3 is 5.97 Å². The summed E-state index contributed by atoms with van der Waals surface area (Å²) >= 11 is 3.50. The maximum atomic E-state index is 13.8. The number of rotatable bonds is 4. The smallest absolute Gasteiger partial charge is 0.309 e. The number of hydrogen-bond acceptors (Lipinski definition) is 3. The van der Waals surface area contributed by atoms with Crippen LogP contribution in [0.2, 0.25) is 0 Å². The second-order valence-corrected chi connectivity index (χ2v) is 10.4. The fraction of sp³-hybridized carbons (Fsp3) is 0.346. The first-order valence-corrected chi connectivity index (χ1v) is 11.9. The van der Waals surface area contributed by atoms with Crippen molar-refractivity contribution < 1.29 is 19.1 Å². The van der Waals surface area contributed by atoms with E-state index in [1.54, 1.807) is 12.1 Å². The lowest BCUT2D eigenvalue weighted by Crippen LogP contribution is -2.58. The number of aromatic nitrogens is 1. The Kier molecular flexibility index (Phi) is 5.27. The van der Waals surface area contributed by atoms with Crippen LogP contribution in [0.3, 0.4) is 0 Å². The molecule has 0 aliphatic heterocycles. The standard InChI is InChI=1S/C26H24BrFN2O3/c1-15-21(23(31)30-26-11-8-25(9-12-26,10-13-26)24(32)33)19-14-17(27)4-7-20(19)29-22(15)16-2-5-18(28)6-3-16/h2-7,14H,8-13H2,1H3,(H,30,31)(H,32,33). The van der Waals surface area contributed by atoms with E-state index in [9.17, 15) is 19.1 Å². The maximum absolute atomic E-state index is 13.8. The molecular weight excluding hydrogens is 487 g/mol. The maximum Gasteiger partial charge on any atom is 0.309 e. The van der Waals surface area contributed by atoms with Crippen molar-refractivity contribution in [1.82, 2.24) is 10.3 Å². The summed E-state index contributed by atoms with van der Waals surface area (Å²) in [4.78, 5) is 30.3. The van der Waals surface area contributed by atoms with E-state index in [0.29, 0.717) is 55.3 Å². The summed E-state index contributed by atoms with van der Waals surface area (Å²) in [7, 11) is 0. The molecule has 1 amide bonds. The van der Waals surface area contributed by atoms with Crippen LogP contribution in [0.1, 0.15) is 54.4 Å². The Morgan fingerprint density at radius 1 is 1.03 bits per heavy atom. The lowest BCUT2D eigenvalue weighted by molar-refractivity contribution is -0.156. The van der Waals surface area contributed by atoms with Crippen LogP contribution in [0.4, 0.5) is 4.39 Å². The molecule has 0 spiro atoms. The molecule has 1 aromatic heterocycles. The van der Waals surface area contributed by atoms with Gasteiger partial charge in [0.2, 0.25) is 0 Å². The summed E-state index contributed by atoms with van der Waals surface area (Å²) in [6.07, 6.45) is 3.77. The number of hydrogen-bond donors (Lipinski definition) is 2. The number of benzene rings is 2. The highest BCUT2D eigenvalue weighted by molar-refractivity contribution is 9.10. The first-order valence-electron chi connectivity index (χ1n) is 11.1. The molecule has 3 aliphatic rings. The second kappa shape index (κ2) is 7.90. The molecule has 0 unspecified atom stereocenters. The molecule has 3 saturated carbocycles. The van der Waals surface area contributed by atoms with Gasteiger partial charge in [-0.15, -0.1) is 0 Å². The topological polar surface area (TPSA) is 79.3 Å². The van der Waals surface area contributed by atoms with Gasteiger partial charge in [0, 0.05) is 21.0 Å². The van der Waals surface area contributed by atoms with Crippen molar-refractivity contribution in [2.45, 2.75) is 51.0 Å². The molecule has 1 heterocycles. The Morgan fingerprint density at radius 3 is 2.27 bits per heavy atom. The van der Waals surface area contributed by atoms with Crippen molar-refractivity contribution in [2.24, 2.45) is 5.41 Å². The molecule has 7 heteroatoms. The number of halogens is 2. The molecule has 2 N–H and O–H groups in total. The van der Waals surface area contributed by atoms with Crippen LogP contribution in [-0.4, -0.2) is 27.5 Å². The van der Waals surface area contributed by atoms with Crippen LogP contribution in [0.5, 0.6) is 0 Å². The third kappa shape index (κ3) is 3.72. The van der Waals surface area contributed by atoms with Crippen molar-refractivity contribution >= 4 is 38.7 Å². The molecule has 0 radical (unpaired) electrons. The zero-order valence-electron chi connectivity index (χ0n) is 18.3. The van der Waals surface area contributed by atoms with Gasteiger partial charge < -0.3 is 10.4 Å². The Morgan fingerprint density at radius 2 is 1.67 bits per heavy atom. The quantitative estimate of drug-likeness (QED) is 0.449. The Bertz CT molecular complexity index is 1260. The number of aliphatic carboxylic acids is 1. The summed E-state index contributed by atoms with van der Waals surface area (Å²) in [5.41, 5.74) is 2.34. The molecule has 6 rings (SSSR count). The van der Waals surface area contributed by atoms with E-state index < -0.39 is 11.4 Å². The number of carboxylic acid groups (broad SMARTS) is 1. The van der Waals surface area contributed by atoms with Gasteiger partial charge in [0.25, 0.3) is 5.91 Å². The molecule has 0 saturated heterocycles. The fourth-order valence-corrected chi connectivity index (χ4v) is 5.87. The highest BCUT2D eigenvalue weighted by atomic mass is 79.9. The Hall–Kier alpha value is -2.80. The van der Waals surface area contributed by atoms with E-state index in [1.165, 1.54) is 12.1 Å². The first kappa shape index (κ1) is 22.0. The SMILES string of the molecule is Cc1c(-c2ccc(F)cc2)nc2ccc(Br)cc2c1C(=O)NC12CCC(C(=O)O)(CC1)CC2. The first-order chi connectivity index (χ1) is 15.7. The summed E-state index contributed by atoms with van der Waals surface area (Å²) < 4.78 is 14.4. The lowest BCUT2D eigenvalue weighted by atomic mass is 9.57. The van der Waals surface area contributed by atoms with Crippen LogP contribution in [0.25, 0.3) is 22.2 Å². The van der Waals surface area contributed by atoms with E-state index in [1.807, 2.05) is 25.1 Å². The number of carbonyl (C=O) groups excluding carboxylic acids is 1. The summed E-state index contributed by atoms with van der Waals surface area (Å²) in [6, 6.07) is 11.8. The minimum absolute atomic E-state index is 0.175. The third-order valence-corrected chi connectivity index (χ3v) is 8.11. The number of carboxylic acids is 1. The van der Waals surface area contributed by atoms with Crippen LogP contribution in [0, 0.1) is 18.2 Å². The van der Waals surface area contributed by atoms with Crippen LogP contribution >= 0.6 is 15.9 Å². The minimum Gasteiger partial charge on any atom is -0.481 e. The normalized spacial score (nSPS) is 24.1. The number of fused-ring (bicyclic) bond motifs is 4. The molecule has 3 aromatic rings. The second-order valence-electron chi connectivity index (χ2n) is 9.45. The Labute approximate surface area is 199 Å². The predicted octanol–water partition coefficient (Wildman–Crippen LogP) is 6.02. The average Bonchev–Trinajstić information content (AvgIpc) is 2.80. The lowest BCUT2D eigenvalue weighted by Gasteiger charge is -2.51. The monoisotopic (exact) mass is 510 g/mol. The van der Waals surface area contributed by atoms with Crippen LogP contribution in [-0.2, 0) is 4.79 Å². The molecule has 2 bridgehead atoms. The van der Waals surface area contributed by atoms with Gasteiger partial charge in [0.05, 0.1) is 22.2 Å². The molecular formula is C26H24BrFN2O3. The van der Waals surface area contributed by atoms with Gasteiger partial charge in [0.15, 0.2) is 0 Å². The van der Waals surface area contributed by atoms with Gasteiger partial charge in [-0.1, -0.05) is 15.9 Å². The summed E-state index contributed by atoms with van der Waals surface area (Å²) in [5, 5.41) is 13.7. The highest BCUT2D eigenvalue weighted by Gasteiger charge is 2.53. The zero-order chi connectivity index (χ0) is 23.4. The zero-order valence-corrected chi connectivity index (χ0v) is 19.8. The predicted molar refractivity (Wildman–Crippen MR) is 128 cm³/mol. The van der Waals surface area contributed by atoms with Crippen molar-refractivity contribution in [3.8, 4) is 11.3 Å². The van der Waals surface area contributed by atoms with Crippen molar-refractivity contribution in [1.29, 1.82) is 0 Å². The van der Waals surface area contributed by atoms with Gasteiger partial charge in [-0.05, 0) is 93.5 Å². The average molecular weight is 511 g/mol. The summed E-state index contributed by atoms with van der Waals surface area (Å²) in [5.74, 6) is -1.22. The van der Waals surface area contributed by atoms with E-state index in [4.69, 9.17) is 4.98 Å². The molecule has 170 valence electrons. The number of nitrogens with zero attached hydrogens (tertiary/aromatic N) is 1. The van der Waals surface area contributed by atoms with Crippen molar-refractivity contribution in [3.63, 3.8) is 0 Å². The van der Waals surface area contributed by atoms with E-state index in [0.717, 1.165) is 21.0 Å². The van der Waals surface area contributed by atoms with Gasteiger partial charge in [-0.2, -0.15) is 0 Å². The van der Waals surface area contributed by atoms with Gasteiger partial charge in [-0.25, -0.2) is 9.37 Å². The number of nitrogens with one attached hydrogen (secondary N) is 1. The molecule has 2 aromatic carbocycles. The number of pyridine rings is 1. The molecule has 0 atom stereocenters. The largest absolute Gasteiger partial charge is 0.481 e. The molecule has 3 fully saturated rings. The fourth-order valence-electron chi connectivity index (χ4n) is 5.51. The van der Waals surface area contributed by atoms with E-state index in [-0.39, 0.29) is 17.3 Å². The summed E-state index contributed by atoms with van der Waals surface area (Å²) in [6.45, 7) is 1.87. The molecule has 33 heavy (non-hydrogen) atoms.